The van der Waals surface area contributed by atoms with Crippen LogP contribution in [0.15, 0.2) is 18.2 Å². The van der Waals surface area contributed by atoms with Gasteiger partial charge in [0.05, 0.1) is 6.10 Å². The van der Waals surface area contributed by atoms with Crippen LogP contribution in [0.4, 0.5) is 0 Å². The minimum absolute atomic E-state index is 0.186. The van der Waals surface area contributed by atoms with Crippen LogP contribution in [0.5, 0.6) is 11.5 Å². The molecule has 1 aromatic carbocycles. The van der Waals surface area contributed by atoms with Gasteiger partial charge in [0.25, 0.3) is 0 Å². The Balaban J connectivity index is 1.81. The van der Waals surface area contributed by atoms with E-state index in [1.165, 1.54) is 38.5 Å². The van der Waals surface area contributed by atoms with Crippen LogP contribution in [-0.4, -0.2) is 15.8 Å². The van der Waals surface area contributed by atoms with Crippen LogP contribution in [0.3, 0.4) is 0 Å². The van der Waals surface area contributed by atoms with Crippen LogP contribution in [0.2, 0.25) is 0 Å². The Morgan fingerprint density at radius 1 is 1.14 bits per heavy atom. The average molecular weight is 306 g/mol. The zero-order valence-electron chi connectivity index (χ0n) is 14.0. The van der Waals surface area contributed by atoms with Crippen molar-refractivity contribution < 1.29 is 14.9 Å². The van der Waals surface area contributed by atoms with Gasteiger partial charge in [-0.15, -0.1) is 0 Å². The maximum absolute atomic E-state index is 10.3. The van der Waals surface area contributed by atoms with Crippen molar-refractivity contribution in [3.05, 3.63) is 23.8 Å². The van der Waals surface area contributed by atoms with Gasteiger partial charge in [0.2, 0.25) is 0 Å². The molecule has 1 aliphatic rings. The molecule has 3 heteroatoms. The van der Waals surface area contributed by atoms with Gasteiger partial charge >= 0.3 is 0 Å². The van der Waals surface area contributed by atoms with E-state index < -0.39 is 6.10 Å². The fourth-order valence-corrected chi connectivity index (χ4v) is 3.32. The zero-order valence-corrected chi connectivity index (χ0v) is 14.0. The molecule has 2 atom stereocenters. The van der Waals surface area contributed by atoms with Gasteiger partial charge in [0.1, 0.15) is 17.1 Å². The molecule has 2 unspecified atom stereocenters. The molecular weight excluding hydrogens is 276 g/mol. The fraction of sp³-hybridized carbons (Fsp3) is 0.684. The van der Waals surface area contributed by atoms with Crippen molar-refractivity contribution in [1.29, 1.82) is 0 Å². The smallest absolute Gasteiger partial charge is 0.129 e. The number of benzene rings is 1. The monoisotopic (exact) mass is 306 g/mol. The van der Waals surface area contributed by atoms with Gasteiger partial charge in [0, 0.05) is 18.1 Å². The predicted octanol–water partition coefficient (Wildman–Crippen LogP) is 5.11. The van der Waals surface area contributed by atoms with Crippen molar-refractivity contribution in [2.75, 3.05) is 0 Å². The summed E-state index contributed by atoms with van der Waals surface area (Å²) >= 11 is 0. The Morgan fingerprint density at radius 2 is 1.82 bits per heavy atom. The molecule has 1 aliphatic heterocycles. The summed E-state index contributed by atoms with van der Waals surface area (Å²) < 4.78 is 6.10. The molecule has 22 heavy (non-hydrogen) atoms. The summed E-state index contributed by atoms with van der Waals surface area (Å²) in [6, 6.07) is 4.97. The molecule has 0 fully saturated rings. The molecule has 2 rings (SSSR count). The molecule has 0 spiro atoms. The number of aliphatic hydroxyl groups is 1. The number of aromatic hydroxyl groups is 1. The number of ether oxygens (including phenoxy) is 1. The normalized spacial score (nSPS) is 23.9. The van der Waals surface area contributed by atoms with Gasteiger partial charge < -0.3 is 14.9 Å². The molecule has 0 bridgehead atoms. The summed E-state index contributed by atoms with van der Waals surface area (Å²) in [6.07, 6.45) is 10.0. The molecule has 1 heterocycles. The average Bonchev–Trinajstić information content (AvgIpc) is 2.45. The fourth-order valence-electron chi connectivity index (χ4n) is 3.32. The zero-order chi connectivity index (χ0) is 16.0. The van der Waals surface area contributed by atoms with Gasteiger partial charge in [-0.3, -0.25) is 0 Å². The lowest BCUT2D eigenvalue weighted by atomic mass is 9.86. The van der Waals surface area contributed by atoms with Crippen molar-refractivity contribution in [3.8, 4) is 11.5 Å². The highest BCUT2D eigenvalue weighted by atomic mass is 16.5. The van der Waals surface area contributed by atoms with Crippen LogP contribution in [0.1, 0.15) is 83.3 Å². The van der Waals surface area contributed by atoms with Crippen molar-refractivity contribution in [2.45, 2.75) is 83.3 Å². The highest BCUT2D eigenvalue weighted by molar-refractivity contribution is 5.43. The molecule has 0 aliphatic carbocycles. The molecule has 0 aromatic heterocycles. The predicted molar refractivity (Wildman–Crippen MR) is 89.3 cm³/mol. The molecule has 2 N–H and O–H groups in total. The Kier molecular flexibility index (Phi) is 6.13. The van der Waals surface area contributed by atoms with Crippen LogP contribution < -0.4 is 4.74 Å². The summed E-state index contributed by atoms with van der Waals surface area (Å²) in [7, 11) is 0. The third kappa shape index (κ3) is 4.64. The van der Waals surface area contributed by atoms with Gasteiger partial charge in [0.15, 0.2) is 0 Å². The summed E-state index contributed by atoms with van der Waals surface area (Å²) in [5.41, 5.74) is 0.457. The maximum Gasteiger partial charge on any atom is 0.129 e. The molecule has 124 valence electrons. The van der Waals surface area contributed by atoms with E-state index in [9.17, 15) is 10.2 Å². The Bertz CT molecular complexity index is 472. The number of rotatable bonds is 8. The van der Waals surface area contributed by atoms with Gasteiger partial charge in [-0.1, -0.05) is 45.4 Å². The van der Waals surface area contributed by atoms with E-state index >= 15 is 0 Å². The van der Waals surface area contributed by atoms with Crippen molar-refractivity contribution in [3.63, 3.8) is 0 Å². The Labute approximate surface area is 134 Å². The second-order valence-electron chi connectivity index (χ2n) is 6.87. The first-order chi connectivity index (χ1) is 10.5. The van der Waals surface area contributed by atoms with E-state index in [4.69, 9.17) is 4.74 Å². The van der Waals surface area contributed by atoms with Gasteiger partial charge in [-0.05, 0) is 31.9 Å². The quantitative estimate of drug-likeness (QED) is 0.656. The number of hydrogen-bond donors (Lipinski definition) is 2. The van der Waals surface area contributed by atoms with Crippen LogP contribution in [-0.2, 0) is 0 Å². The van der Waals surface area contributed by atoms with E-state index in [1.807, 2.05) is 0 Å². The standard InChI is InChI=1S/C19H30O3/c1-3-4-5-6-7-8-9-12-19(2)14-17(21)16-11-10-15(20)13-18(16)22-19/h10-11,13,17,20-21H,3-9,12,14H2,1-2H3. The summed E-state index contributed by atoms with van der Waals surface area (Å²) in [5, 5.41) is 19.9. The largest absolute Gasteiger partial charge is 0.508 e. The topological polar surface area (TPSA) is 49.7 Å². The van der Waals surface area contributed by atoms with Crippen molar-refractivity contribution in [2.24, 2.45) is 0 Å². The van der Waals surface area contributed by atoms with E-state index in [0.717, 1.165) is 18.4 Å². The number of aliphatic hydroxyl groups excluding tert-OH is 1. The first-order valence-corrected chi connectivity index (χ1v) is 8.74. The highest BCUT2D eigenvalue weighted by Crippen LogP contribution is 2.42. The number of fused-ring (bicyclic) bond motifs is 1. The van der Waals surface area contributed by atoms with Crippen LogP contribution >= 0.6 is 0 Å². The second kappa shape index (κ2) is 7.87. The second-order valence-corrected chi connectivity index (χ2v) is 6.87. The minimum atomic E-state index is -0.501. The molecule has 0 saturated carbocycles. The number of phenolic OH excluding ortho intramolecular Hbond substituents is 1. The Hall–Kier alpha value is -1.22. The molecule has 0 saturated heterocycles. The number of phenols is 1. The Morgan fingerprint density at radius 3 is 2.55 bits per heavy atom. The molecule has 0 radical (unpaired) electrons. The molecule has 0 amide bonds. The van der Waals surface area contributed by atoms with Gasteiger partial charge in [-0.2, -0.15) is 0 Å². The molecular formula is C19H30O3. The molecule has 3 nitrogen and oxygen atoms in total. The molecule has 1 aromatic rings. The van der Waals surface area contributed by atoms with Crippen molar-refractivity contribution in [1.82, 2.24) is 0 Å². The van der Waals surface area contributed by atoms with E-state index in [2.05, 4.69) is 13.8 Å². The third-order valence-corrected chi connectivity index (χ3v) is 4.65. The van der Waals surface area contributed by atoms with E-state index in [1.54, 1.807) is 18.2 Å². The lowest BCUT2D eigenvalue weighted by molar-refractivity contribution is -0.00865. The van der Waals surface area contributed by atoms with Crippen molar-refractivity contribution >= 4 is 0 Å². The first-order valence-electron chi connectivity index (χ1n) is 8.74. The number of hydrogen-bond acceptors (Lipinski definition) is 3. The SMILES string of the molecule is CCCCCCCCCC1(C)CC(O)c2ccc(O)cc2O1. The lowest BCUT2D eigenvalue weighted by Gasteiger charge is -2.38. The van der Waals surface area contributed by atoms with E-state index in [0.29, 0.717) is 12.2 Å². The van der Waals surface area contributed by atoms with E-state index in [-0.39, 0.29) is 11.4 Å². The van der Waals surface area contributed by atoms with Crippen LogP contribution in [0, 0.1) is 0 Å². The van der Waals surface area contributed by atoms with Gasteiger partial charge in [-0.25, -0.2) is 0 Å². The summed E-state index contributed by atoms with van der Waals surface area (Å²) in [5.74, 6) is 0.815. The minimum Gasteiger partial charge on any atom is -0.508 e. The summed E-state index contributed by atoms with van der Waals surface area (Å²) in [6.45, 7) is 4.31. The lowest BCUT2D eigenvalue weighted by Crippen LogP contribution is -2.38. The number of unbranched alkanes of at least 4 members (excludes halogenated alkanes) is 6. The summed E-state index contributed by atoms with van der Waals surface area (Å²) in [4.78, 5) is 0. The highest BCUT2D eigenvalue weighted by Gasteiger charge is 2.36. The third-order valence-electron chi connectivity index (χ3n) is 4.65. The first kappa shape index (κ1) is 17.1. The van der Waals surface area contributed by atoms with Crippen LogP contribution in [0.25, 0.3) is 0 Å². The maximum atomic E-state index is 10.3.